The third-order valence-corrected chi connectivity index (χ3v) is 4.56. The summed E-state index contributed by atoms with van der Waals surface area (Å²) in [5.74, 6) is -0.0701. The Balaban J connectivity index is 2.28. The van der Waals surface area contributed by atoms with Gasteiger partial charge in [0.15, 0.2) is 4.88 Å². The molecule has 0 fully saturated rings. The number of hydrogen-bond donors (Lipinski definition) is 1. The summed E-state index contributed by atoms with van der Waals surface area (Å²) in [6.07, 6.45) is -0.346. The Morgan fingerprint density at radius 3 is 2.58 bits per heavy atom. The van der Waals surface area contributed by atoms with Crippen molar-refractivity contribution in [3.05, 3.63) is 50.7 Å². The fourth-order valence-corrected chi connectivity index (χ4v) is 3.23. The van der Waals surface area contributed by atoms with E-state index in [1.54, 1.807) is 32.9 Å². The zero-order valence-corrected chi connectivity index (χ0v) is 15.7. The fourth-order valence-electron chi connectivity index (χ4n) is 2.11. The van der Waals surface area contributed by atoms with Crippen molar-refractivity contribution in [2.75, 3.05) is 0 Å². The summed E-state index contributed by atoms with van der Waals surface area (Å²) in [5, 5.41) is 9.97. The van der Waals surface area contributed by atoms with Crippen molar-refractivity contribution in [2.45, 2.75) is 46.0 Å². The summed E-state index contributed by atoms with van der Waals surface area (Å²) in [7, 11) is 0. The van der Waals surface area contributed by atoms with Crippen molar-refractivity contribution in [2.24, 2.45) is 0 Å². The zero-order valence-electron chi connectivity index (χ0n) is 14.1. The second kappa shape index (κ2) is 7.55. The highest BCUT2D eigenvalue weighted by Crippen LogP contribution is 2.35. The number of aliphatic hydroxyl groups is 1. The summed E-state index contributed by atoms with van der Waals surface area (Å²) in [6.45, 7) is 7.11. The molecule has 24 heavy (non-hydrogen) atoms. The van der Waals surface area contributed by atoms with Gasteiger partial charge in [-0.1, -0.05) is 29.8 Å². The van der Waals surface area contributed by atoms with Gasteiger partial charge in [0, 0.05) is 15.5 Å². The number of rotatable bonds is 5. The summed E-state index contributed by atoms with van der Waals surface area (Å²) < 4.78 is 11.4. The molecule has 1 heterocycles. The second-order valence-corrected chi connectivity index (χ2v) is 7.89. The summed E-state index contributed by atoms with van der Waals surface area (Å²) in [4.78, 5) is 13.4. The highest BCUT2D eigenvalue weighted by molar-refractivity contribution is 7.14. The van der Waals surface area contributed by atoms with Crippen molar-refractivity contribution in [3.63, 3.8) is 0 Å². The van der Waals surface area contributed by atoms with Gasteiger partial charge < -0.3 is 14.6 Å². The predicted molar refractivity (Wildman–Crippen MR) is 95.9 cm³/mol. The third-order valence-electron chi connectivity index (χ3n) is 3.14. The molecule has 4 nitrogen and oxygen atoms in total. The van der Waals surface area contributed by atoms with Crippen molar-refractivity contribution in [1.82, 2.24) is 0 Å². The lowest BCUT2D eigenvalue weighted by atomic mass is 10.1. The number of ether oxygens (including phenoxy) is 2. The Labute approximate surface area is 151 Å². The molecule has 0 unspecified atom stereocenters. The first-order chi connectivity index (χ1) is 11.2. The van der Waals surface area contributed by atoms with Crippen LogP contribution in [-0.2, 0) is 11.3 Å². The van der Waals surface area contributed by atoms with Crippen LogP contribution in [0.3, 0.4) is 0 Å². The van der Waals surface area contributed by atoms with Crippen LogP contribution in [0, 0.1) is 0 Å². The molecule has 2 rings (SSSR count). The quantitative estimate of drug-likeness (QED) is 0.755. The van der Waals surface area contributed by atoms with E-state index >= 15 is 0 Å². The topological polar surface area (TPSA) is 55.8 Å². The molecule has 0 aliphatic rings. The maximum Gasteiger partial charge on any atom is 0.352 e. The number of thiophene rings is 1. The van der Waals surface area contributed by atoms with E-state index in [0.29, 0.717) is 20.5 Å². The van der Waals surface area contributed by atoms with Crippen LogP contribution in [0.5, 0.6) is 5.75 Å². The lowest BCUT2D eigenvalue weighted by molar-refractivity contribution is 0.00706. The summed E-state index contributed by atoms with van der Waals surface area (Å²) in [5.41, 5.74) is 0.220. The molecule has 2 aromatic rings. The van der Waals surface area contributed by atoms with Crippen LogP contribution in [0.1, 0.15) is 53.9 Å². The lowest BCUT2D eigenvalue weighted by Gasteiger charge is -2.20. The zero-order chi connectivity index (χ0) is 17.9. The normalized spacial score (nSPS) is 12.8. The molecule has 1 N–H and O–H groups in total. The Morgan fingerprint density at radius 1 is 1.33 bits per heavy atom. The standard InChI is InChI=1S/C18H21ClO4S/c1-11(13-7-5-6-8-14(13)19)22-15-9-12(10-20)24-16(15)17(21)23-18(2,3)4/h5-9,11,20H,10H2,1-4H3/t11-/m1/s1. The first kappa shape index (κ1) is 18.8. The van der Waals surface area contributed by atoms with Gasteiger partial charge in [-0.3, -0.25) is 0 Å². The van der Waals surface area contributed by atoms with Gasteiger partial charge in [-0.25, -0.2) is 4.79 Å². The molecule has 1 atom stereocenters. The first-order valence-corrected chi connectivity index (χ1v) is 8.78. The second-order valence-electron chi connectivity index (χ2n) is 6.35. The first-order valence-electron chi connectivity index (χ1n) is 7.59. The van der Waals surface area contributed by atoms with Crippen LogP contribution in [-0.4, -0.2) is 16.7 Å². The van der Waals surface area contributed by atoms with Crippen LogP contribution >= 0.6 is 22.9 Å². The molecule has 0 aliphatic carbocycles. The molecule has 1 aromatic carbocycles. The predicted octanol–water partition coefficient (Wildman–Crippen LogP) is 4.99. The van der Waals surface area contributed by atoms with Crippen molar-refractivity contribution in [1.29, 1.82) is 0 Å². The molecule has 6 heteroatoms. The van der Waals surface area contributed by atoms with E-state index in [4.69, 9.17) is 21.1 Å². The molecular formula is C18H21ClO4S. The highest BCUT2D eigenvalue weighted by atomic mass is 35.5. The van der Waals surface area contributed by atoms with Crippen molar-refractivity contribution in [3.8, 4) is 5.75 Å². The molecule has 0 saturated carbocycles. The minimum absolute atomic E-state index is 0.162. The smallest absolute Gasteiger partial charge is 0.352 e. The third kappa shape index (κ3) is 4.72. The van der Waals surface area contributed by atoms with Gasteiger partial charge in [0.2, 0.25) is 0 Å². The van der Waals surface area contributed by atoms with Gasteiger partial charge in [-0.2, -0.15) is 0 Å². The molecule has 1 aromatic heterocycles. The minimum Gasteiger partial charge on any atom is -0.484 e. The van der Waals surface area contributed by atoms with Gasteiger partial charge in [0.25, 0.3) is 0 Å². The number of halogens is 1. The van der Waals surface area contributed by atoms with Gasteiger partial charge >= 0.3 is 5.97 Å². The average molecular weight is 369 g/mol. The van der Waals surface area contributed by atoms with E-state index in [-0.39, 0.29) is 12.7 Å². The van der Waals surface area contributed by atoms with Crippen LogP contribution in [0.15, 0.2) is 30.3 Å². The van der Waals surface area contributed by atoms with E-state index in [0.717, 1.165) is 5.56 Å². The van der Waals surface area contributed by atoms with E-state index in [2.05, 4.69) is 0 Å². The van der Waals surface area contributed by atoms with E-state index in [9.17, 15) is 9.90 Å². The molecule has 0 aliphatic heterocycles. The number of benzene rings is 1. The number of carbonyl (C=O) groups excluding carboxylic acids is 1. The number of carbonyl (C=O) groups is 1. The van der Waals surface area contributed by atoms with Gasteiger partial charge in [-0.15, -0.1) is 11.3 Å². The largest absolute Gasteiger partial charge is 0.484 e. The SMILES string of the molecule is C[C@@H](Oc1cc(CO)sc1C(=O)OC(C)(C)C)c1ccccc1Cl. The number of esters is 1. The maximum absolute atomic E-state index is 12.4. The van der Waals surface area contributed by atoms with Crippen molar-refractivity contribution >= 4 is 28.9 Å². The molecule has 130 valence electrons. The molecule has 0 amide bonds. The van der Waals surface area contributed by atoms with Crippen LogP contribution in [0.2, 0.25) is 5.02 Å². The van der Waals surface area contributed by atoms with Crippen molar-refractivity contribution < 1.29 is 19.4 Å². The molecular weight excluding hydrogens is 348 g/mol. The van der Waals surface area contributed by atoms with E-state index < -0.39 is 11.6 Å². The average Bonchev–Trinajstić information content (AvgIpc) is 2.89. The van der Waals surface area contributed by atoms with Gasteiger partial charge in [-0.05, 0) is 39.8 Å². The van der Waals surface area contributed by atoms with E-state index in [1.807, 2.05) is 25.1 Å². The fraction of sp³-hybridized carbons (Fsp3) is 0.389. The highest BCUT2D eigenvalue weighted by Gasteiger charge is 2.25. The molecule has 0 radical (unpaired) electrons. The number of hydrogen-bond acceptors (Lipinski definition) is 5. The van der Waals surface area contributed by atoms with E-state index in [1.165, 1.54) is 11.3 Å². The molecule has 0 bridgehead atoms. The van der Waals surface area contributed by atoms with Crippen LogP contribution < -0.4 is 4.74 Å². The Kier molecular flexibility index (Phi) is 5.91. The number of aliphatic hydroxyl groups excluding tert-OH is 1. The Bertz CT molecular complexity index is 718. The maximum atomic E-state index is 12.4. The molecule has 0 saturated heterocycles. The van der Waals surface area contributed by atoms with Crippen LogP contribution in [0.4, 0.5) is 0 Å². The minimum atomic E-state index is -0.605. The summed E-state index contributed by atoms with van der Waals surface area (Å²) >= 11 is 7.37. The molecule has 0 spiro atoms. The lowest BCUT2D eigenvalue weighted by Crippen LogP contribution is -2.23. The monoisotopic (exact) mass is 368 g/mol. The van der Waals surface area contributed by atoms with Gasteiger partial charge in [0.1, 0.15) is 17.5 Å². The summed E-state index contributed by atoms with van der Waals surface area (Å²) in [6, 6.07) is 9.05. The van der Waals surface area contributed by atoms with Gasteiger partial charge in [0.05, 0.1) is 6.61 Å². The van der Waals surface area contributed by atoms with Crippen LogP contribution in [0.25, 0.3) is 0 Å². The Hall–Kier alpha value is -1.56. The Morgan fingerprint density at radius 2 is 2.00 bits per heavy atom.